The van der Waals surface area contributed by atoms with Crippen molar-refractivity contribution in [1.82, 2.24) is 0 Å². The lowest BCUT2D eigenvalue weighted by atomic mass is 10.2. The van der Waals surface area contributed by atoms with Gasteiger partial charge in [0.15, 0.2) is 0 Å². The fraction of sp³-hybridized carbons (Fsp3) is 0.538. The molecule has 1 N–H and O–H groups in total. The molecule has 100 valence electrons. The summed E-state index contributed by atoms with van der Waals surface area (Å²) in [4.78, 5) is 0. The molecule has 3 nitrogen and oxygen atoms in total. The van der Waals surface area contributed by atoms with Crippen molar-refractivity contribution in [3.63, 3.8) is 0 Å². The van der Waals surface area contributed by atoms with Crippen molar-refractivity contribution in [2.45, 2.75) is 40.5 Å². The summed E-state index contributed by atoms with van der Waals surface area (Å²) in [6.45, 7) is 4.03. The van der Waals surface area contributed by atoms with Crippen LogP contribution in [0.15, 0.2) is 30.3 Å². The van der Waals surface area contributed by atoms with E-state index in [4.69, 9.17) is 4.55 Å². The molecule has 0 fully saturated rings. The molecule has 1 aromatic rings. The van der Waals surface area contributed by atoms with Gasteiger partial charge in [-0.2, -0.15) is 8.42 Å². The molecule has 0 atom stereocenters. The molecule has 0 bridgehead atoms. The van der Waals surface area contributed by atoms with Gasteiger partial charge in [-0.1, -0.05) is 58.0 Å². The molecular weight excluding hydrogens is 236 g/mol. The zero-order valence-electron chi connectivity index (χ0n) is 9.89. The van der Waals surface area contributed by atoms with Gasteiger partial charge in [0.1, 0.15) is 0 Å². The molecule has 0 aliphatic rings. The summed E-state index contributed by atoms with van der Waals surface area (Å²) in [6, 6.07) is 10.5. The van der Waals surface area contributed by atoms with Gasteiger partial charge in [-0.25, -0.2) is 0 Å². The number of aryl methyl sites for hydroxylation is 1. The molecule has 0 unspecified atom stereocenters. The molecule has 0 radical (unpaired) electrons. The first-order valence-electron chi connectivity index (χ1n) is 5.48. The maximum absolute atomic E-state index is 9.95. The van der Waals surface area contributed by atoms with E-state index in [0.717, 1.165) is 12.8 Å². The molecule has 1 aromatic carbocycles. The highest BCUT2D eigenvalue weighted by molar-refractivity contribution is 7.85. The lowest BCUT2D eigenvalue weighted by Gasteiger charge is -1.90. The number of rotatable bonds is 4. The minimum Gasteiger partial charge on any atom is -0.286 e. The topological polar surface area (TPSA) is 54.4 Å². The van der Waals surface area contributed by atoms with Crippen molar-refractivity contribution in [3.8, 4) is 0 Å². The molecule has 0 saturated heterocycles. The van der Waals surface area contributed by atoms with Crippen LogP contribution < -0.4 is 0 Å². The van der Waals surface area contributed by atoms with Crippen molar-refractivity contribution in [3.05, 3.63) is 35.9 Å². The van der Waals surface area contributed by atoms with E-state index in [1.54, 1.807) is 0 Å². The molecular formula is C13H24O3S. The van der Waals surface area contributed by atoms with Crippen molar-refractivity contribution in [2.75, 3.05) is 5.75 Å². The first-order chi connectivity index (χ1) is 7.49. The Morgan fingerprint density at radius 2 is 1.65 bits per heavy atom. The van der Waals surface area contributed by atoms with E-state index in [-0.39, 0.29) is 13.2 Å². The average molecular weight is 260 g/mol. The lowest BCUT2D eigenvalue weighted by molar-refractivity contribution is 0.480. The van der Waals surface area contributed by atoms with Crippen LogP contribution in [0.3, 0.4) is 0 Å². The predicted molar refractivity (Wildman–Crippen MR) is 73.9 cm³/mol. The monoisotopic (exact) mass is 260 g/mol. The molecule has 1 rings (SSSR count). The van der Waals surface area contributed by atoms with Gasteiger partial charge in [-0.3, -0.25) is 4.55 Å². The van der Waals surface area contributed by atoms with Gasteiger partial charge < -0.3 is 0 Å². The summed E-state index contributed by atoms with van der Waals surface area (Å²) >= 11 is 0. The largest absolute Gasteiger partial charge is 0.286 e. The van der Waals surface area contributed by atoms with Gasteiger partial charge in [0.2, 0.25) is 0 Å². The normalized spacial score (nSPS) is 9.82. The van der Waals surface area contributed by atoms with Gasteiger partial charge >= 0.3 is 0 Å². The van der Waals surface area contributed by atoms with Gasteiger partial charge in [0, 0.05) is 0 Å². The number of unbranched alkanes of at least 4 members (excludes halogenated alkanes) is 1. The predicted octanol–water partition coefficient (Wildman–Crippen LogP) is 3.56. The first kappa shape index (κ1) is 18.5. The van der Waals surface area contributed by atoms with E-state index in [0.29, 0.717) is 6.42 Å². The standard InChI is InChI=1S/C8H10.C4H10O3S.CH4/c1-2-8-6-4-3-5-7-8;1-2-3-4-8(5,6)7;/h3-7H,2H2,1H3;2-4H2,1H3,(H,5,6,7);1H4. The maximum Gasteiger partial charge on any atom is 0.264 e. The highest BCUT2D eigenvalue weighted by Gasteiger charge is 2.00. The average Bonchev–Trinajstić information content (AvgIpc) is 2.27. The second-order valence-electron chi connectivity index (χ2n) is 3.48. The zero-order valence-corrected chi connectivity index (χ0v) is 10.7. The highest BCUT2D eigenvalue weighted by Crippen LogP contribution is 1.96. The van der Waals surface area contributed by atoms with E-state index < -0.39 is 10.1 Å². The maximum atomic E-state index is 9.95. The number of hydrogen-bond acceptors (Lipinski definition) is 2. The Hall–Kier alpha value is -0.870. The van der Waals surface area contributed by atoms with Crippen LogP contribution in [0.1, 0.15) is 39.7 Å². The minimum atomic E-state index is -3.69. The Morgan fingerprint density at radius 1 is 1.12 bits per heavy atom. The first-order valence-corrected chi connectivity index (χ1v) is 7.09. The molecule has 0 amide bonds. The molecule has 0 heterocycles. The van der Waals surface area contributed by atoms with Gasteiger partial charge in [0.25, 0.3) is 10.1 Å². The van der Waals surface area contributed by atoms with Crippen LogP contribution >= 0.6 is 0 Å². The summed E-state index contributed by atoms with van der Waals surface area (Å²) in [5, 5.41) is 0. The number of benzene rings is 1. The smallest absolute Gasteiger partial charge is 0.264 e. The van der Waals surface area contributed by atoms with Crippen LogP contribution in [0.5, 0.6) is 0 Å². The van der Waals surface area contributed by atoms with Crippen LogP contribution in [0, 0.1) is 0 Å². The van der Waals surface area contributed by atoms with E-state index in [1.165, 1.54) is 5.56 Å². The van der Waals surface area contributed by atoms with Crippen LogP contribution in [0.4, 0.5) is 0 Å². The third-order valence-electron chi connectivity index (χ3n) is 2.01. The molecule has 0 spiro atoms. The third kappa shape index (κ3) is 13.1. The van der Waals surface area contributed by atoms with E-state index in [9.17, 15) is 8.42 Å². The van der Waals surface area contributed by atoms with Crippen LogP contribution in [0.2, 0.25) is 0 Å². The Morgan fingerprint density at radius 3 is 1.88 bits per heavy atom. The van der Waals surface area contributed by atoms with Crippen molar-refractivity contribution in [1.29, 1.82) is 0 Å². The third-order valence-corrected chi connectivity index (χ3v) is 2.81. The Balaban J connectivity index is 0. The summed E-state index contributed by atoms with van der Waals surface area (Å²) in [7, 11) is -3.69. The molecule has 0 saturated carbocycles. The fourth-order valence-corrected chi connectivity index (χ4v) is 1.69. The second kappa shape index (κ2) is 10.3. The van der Waals surface area contributed by atoms with Gasteiger partial charge in [0.05, 0.1) is 5.75 Å². The van der Waals surface area contributed by atoms with Crippen molar-refractivity contribution < 1.29 is 13.0 Å². The quantitative estimate of drug-likeness (QED) is 0.842. The van der Waals surface area contributed by atoms with E-state index >= 15 is 0 Å². The Bertz CT molecular complexity index is 358. The second-order valence-corrected chi connectivity index (χ2v) is 5.05. The zero-order chi connectivity index (χ0) is 12.4. The highest BCUT2D eigenvalue weighted by atomic mass is 32.2. The Labute approximate surface area is 106 Å². The fourth-order valence-electron chi connectivity index (χ4n) is 1.04. The van der Waals surface area contributed by atoms with Crippen LogP contribution in [-0.2, 0) is 16.5 Å². The van der Waals surface area contributed by atoms with E-state index in [2.05, 4.69) is 31.2 Å². The summed E-state index contributed by atoms with van der Waals surface area (Å²) in [5.41, 5.74) is 1.41. The molecule has 17 heavy (non-hydrogen) atoms. The SMILES string of the molecule is C.CCCCS(=O)(=O)O.CCc1ccccc1. The van der Waals surface area contributed by atoms with Crippen molar-refractivity contribution >= 4 is 10.1 Å². The van der Waals surface area contributed by atoms with Crippen LogP contribution in [-0.4, -0.2) is 18.7 Å². The molecule has 4 heteroatoms. The summed E-state index contributed by atoms with van der Waals surface area (Å²) in [5.74, 6) is -0.108. The summed E-state index contributed by atoms with van der Waals surface area (Å²) < 4.78 is 28.0. The molecule has 0 aromatic heterocycles. The summed E-state index contributed by atoms with van der Waals surface area (Å²) in [6.07, 6.45) is 2.47. The molecule has 0 aliphatic heterocycles. The Kier molecular flexibility index (Phi) is 11.2. The van der Waals surface area contributed by atoms with E-state index in [1.807, 2.05) is 13.0 Å². The van der Waals surface area contributed by atoms with Gasteiger partial charge in [-0.15, -0.1) is 0 Å². The minimum absolute atomic E-state index is 0. The number of hydrogen-bond donors (Lipinski definition) is 1. The van der Waals surface area contributed by atoms with Crippen molar-refractivity contribution in [2.24, 2.45) is 0 Å². The molecule has 0 aliphatic carbocycles. The lowest BCUT2D eigenvalue weighted by Crippen LogP contribution is -2.02. The van der Waals surface area contributed by atoms with Crippen LogP contribution in [0.25, 0.3) is 0 Å². The van der Waals surface area contributed by atoms with Gasteiger partial charge in [-0.05, 0) is 18.4 Å².